The molecular formula is C10H15N3. The van der Waals surface area contributed by atoms with Crippen molar-refractivity contribution in [2.45, 2.75) is 32.2 Å². The van der Waals surface area contributed by atoms with Crippen molar-refractivity contribution in [2.24, 2.45) is 5.92 Å². The molecule has 1 aliphatic carbocycles. The van der Waals surface area contributed by atoms with Gasteiger partial charge in [0, 0.05) is 6.04 Å². The number of hydrogen-bond donors (Lipinski definition) is 1. The maximum Gasteiger partial charge on any atom is 0.115 e. The average Bonchev–Trinajstić information content (AvgIpc) is 2.53. The average molecular weight is 177 g/mol. The second kappa shape index (κ2) is 3.73. The van der Waals surface area contributed by atoms with Gasteiger partial charge in [-0.05, 0) is 25.2 Å². The monoisotopic (exact) mass is 177 g/mol. The molecule has 0 radical (unpaired) electrons. The summed E-state index contributed by atoms with van der Waals surface area (Å²) >= 11 is 0. The van der Waals surface area contributed by atoms with Gasteiger partial charge in [0.2, 0.25) is 0 Å². The molecule has 1 saturated carbocycles. The standard InChI is InChI=1S/C10H15N3/c1-8-2-3-9(4-8)13-10-5-11-7-12-6-10/h5-9,13H,2-4H2,1H3. The summed E-state index contributed by atoms with van der Waals surface area (Å²) in [7, 11) is 0. The molecule has 0 bridgehead atoms. The van der Waals surface area contributed by atoms with Crippen molar-refractivity contribution in [3.63, 3.8) is 0 Å². The number of nitrogens with zero attached hydrogens (tertiary/aromatic N) is 2. The first-order valence-corrected chi connectivity index (χ1v) is 4.86. The summed E-state index contributed by atoms with van der Waals surface area (Å²) in [6.45, 7) is 2.31. The number of hydrogen-bond acceptors (Lipinski definition) is 3. The molecule has 0 aromatic carbocycles. The van der Waals surface area contributed by atoms with Gasteiger partial charge in [-0.2, -0.15) is 0 Å². The molecule has 0 amide bonds. The first kappa shape index (κ1) is 8.48. The van der Waals surface area contributed by atoms with Crippen LogP contribution in [0.3, 0.4) is 0 Å². The zero-order valence-corrected chi connectivity index (χ0v) is 7.90. The Bertz CT molecular complexity index is 260. The summed E-state index contributed by atoms with van der Waals surface area (Å²) in [5, 5.41) is 3.45. The lowest BCUT2D eigenvalue weighted by molar-refractivity contribution is 0.602. The molecule has 1 aliphatic rings. The van der Waals surface area contributed by atoms with Crippen molar-refractivity contribution in [2.75, 3.05) is 5.32 Å². The van der Waals surface area contributed by atoms with E-state index in [-0.39, 0.29) is 0 Å². The lowest BCUT2D eigenvalue weighted by Crippen LogP contribution is -2.15. The third kappa shape index (κ3) is 2.17. The van der Waals surface area contributed by atoms with Crippen LogP contribution in [0.1, 0.15) is 26.2 Å². The van der Waals surface area contributed by atoms with Gasteiger partial charge in [0.25, 0.3) is 0 Å². The number of nitrogens with one attached hydrogen (secondary N) is 1. The van der Waals surface area contributed by atoms with Gasteiger partial charge in [-0.1, -0.05) is 6.92 Å². The third-order valence-electron chi connectivity index (χ3n) is 2.63. The highest BCUT2D eigenvalue weighted by atomic mass is 15.0. The van der Waals surface area contributed by atoms with Gasteiger partial charge >= 0.3 is 0 Å². The lowest BCUT2D eigenvalue weighted by atomic mass is 10.1. The predicted octanol–water partition coefficient (Wildman–Crippen LogP) is 2.08. The van der Waals surface area contributed by atoms with E-state index in [2.05, 4.69) is 22.2 Å². The van der Waals surface area contributed by atoms with Gasteiger partial charge in [0.1, 0.15) is 6.33 Å². The molecule has 2 rings (SSSR count). The molecule has 13 heavy (non-hydrogen) atoms. The number of anilines is 1. The van der Waals surface area contributed by atoms with Gasteiger partial charge in [0.15, 0.2) is 0 Å². The molecule has 1 aromatic heterocycles. The smallest absolute Gasteiger partial charge is 0.115 e. The Morgan fingerprint density at radius 1 is 1.31 bits per heavy atom. The van der Waals surface area contributed by atoms with Crippen molar-refractivity contribution in [3.8, 4) is 0 Å². The summed E-state index contributed by atoms with van der Waals surface area (Å²) < 4.78 is 0. The highest BCUT2D eigenvalue weighted by Crippen LogP contribution is 2.26. The van der Waals surface area contributed by atoms with Crippen LogP contribution in [0.25, 0.3) is 0 Å². The van der Waals surface area contributed by atoms with E-state index in [0.29, 0.717) is 6.04 Å². The highest BCUT2D eigenvalue weighted by molar-refractivity contribution is 5.38. The van der Waals surface area contributed by atoms with E-state index in [4.69, 9.17) is 0 Å². The van der Waals surface area contributed by atoms with Gasteiger partial charge in [-0.25, -0.2) is 9.97 Å². The molecule has 2 atom stereocenters. The Kier molecular flexibility index (Phi) is 2.43. The fourth-order valence-corrected chi connectivity index (χ4v) is 1.95. The first-order chi connectivity index (χ1) is 6.34. The Morgan fingerprint density at radius 2 is 2.08 bits per heavy atom. The maximum absolute atomic E-state index is 3.97. The zero-order chi connectivity index (χ0) is 9.10. The molecule has 1 fully saturated rings. The predicted molar refractivity (Wildman–Crippen MR) is 52.5 cm³/mol. The van der Waals surface area contributed by atoms with Crippen molar-refractivity contribution in [1.82, 2.24) is 9.97 Å². The van der Waals surface area contributed by atoms with Crippen molar-refractivity contribution >= 4 is 5.69 Å². The van der Waals surface area contributed by atoms with Crippen LogP contribution in [-0.4, -0.2) is 16.0 Å². The Morgan fingerprint density at radius 3 is 2.69 bits per heavy atom. The lowest BCUT2D eigenvalue weighted by Gasteiger charge is -2.12. The van der Waals surface area contributed by atoms with Crippen LogP contribution in [-0.2, 0) is 0 Å². The van der Waals surface area contributed by atoms with Crippen LogP contribution >= 0.6 is 0 Å². The molecule has 1 heterocycles. The molecule has 1 N–H and O–H groups in total. The maximum atomic E-state index is 3.97. The summed E-state index contributed by atoms with van der Waals surface area (Å²) in [6.07, 6.45) is 9.10. The van der Waals surface area contributed by atoms with Crippen LogP contribution in [0.15, 0.2) is 18.7 Å². The van der Waals surface area contributed by atoms with Crippen LogP contribution in [0.5, 0.6) is 0 Å². The summed E-state index contributed by atoms with van der Waals surface area (Å²) in [5.41, 5.74) is 1.04. The largest absolute Gasteiger partial charge is 0.380 e. The van der Waals surface area contributed by atoms with Crippen LogP contribution in [0, 0.1) is 5.92 Å². The minimum atomic E-state index is 0.626. The minimum absolute atomic E-state index is 0.626. The van der Waals surface area contributed by atoms with E-state index in [1.807, 2.05) is 12.4 Å². The third-order valence-corrected chi connectivity index (χ3v) is 2.63. The van der Waals surface area contributed by atoms with E-state index in [1.165, 1.54) is 19.3 Å². The molecule has 0 spiro atoms. The normalized spacial score (nSPS) is 27.5. The topological polar surface area (TPSA) is 37.8 Å². The second-order valence-corrected chi connectivity index (χ2v) is 3.89. The van der Waals surface area contributed by atoms with Gasteiger partial charge in [0.05, 0.1) is 18.1 Å². The van der Waals surface area contributed by atoms with Gasteiger partial charge < -0.3 is 5.32 Å². The van der Waals surface area contributed by atoms with E-state index in [9.17, 15) is 0 Å². The molecule has 3 heteroatoms. The summed E-state index contributed by atoms with van der Waals surface area (Å²) in [6, 6.07) is 0.626. The van der Waals surface area contributed by atoms with E-state index < -0.39 is 0 Å². The molecule has 0 aliphatic heterocycles. The molecule has 2 unspecified atom stereocenters. The van der Waals surface area contributed by atoms with Crippen molar-refractivity contribution in [3.05, 3.63) is 18.7 Å². The van der Waals surface area contributed by atoms with Crippen LogP contribution in [0.2, 0.25) is 0 Å². The molecule has 0 saturated heterocycles. The first-order valence-electron chi connectivity index (χ1n) is 4.86. The minimum Gasteiger partial charge on any atom is -0.380 e. The number of rotatable bonds is 2. The Balaban J connectivity index is 1.92. The summed E-state index contributed by atoms with van der Waals surface area (Å²) in [5.74, 6) is 0.863. The molecule has 1 aromatic rings. The second-order valence-electron chi connectivity index (χ2n) is 3.89. The quantitative estimate of drug-likeness (QED) is 0.751. The fraction of sp³-hybridized carbons (Fsp3) is 0.600. The van der Waals surface area contributed by atoms with Crippen molar-refractivity contribution < 1.29 is 0 Å². The van der Waals surface area contributed by atoms with Crippen LogP contribution in [0.4, 0.5) is 5.69 Å². The van der Waals surface area contributed by atoms with Crippen LogP contribution < -0.4 is 5.32 Å². The van der Waals surface area contributed by atoms with E-state index >= 15 is 0 Å². The zero-order valence-electron chi connectivity index (χ0n) is 7.90. The van der Waals surface area contributed by atoms with Gasteiger partial charge in [-0.3, -0.25) is 0 Å². The summed E-state index contributed by atoms with van der Waals surface area (Å²) in [4.78, 5) is 7.94. The molecule has 70 valence electrons. The SMILES string of the molecule is CC1CCC(Nc2cncnc2)C1. The van der Waals surface area contributed by atoms with E-state index in [0.717, 1.165) is 11.6 Å². The molecule has 3 nitrogen and oxygen atoms in total. The Labute approximate surface area is 78.6 Å². The highest BCUT2D eigenvalue weighted by Gasteiger charge is 2.20. The Hall–Kier alpha value is -1.12. The van der Waals surface area contributed by atoms with Crippen molar-refractivity contribution in [1.29, 1.82) is 0 Å². The van der Waals surface area contributed by atoms with Gasteiger partial charge in [-0.15, -0.1) is 0 Å². The fourth-order valence-electron chi connectivity index (χ4n) is 1.95. The molecular weight excluding hydrogens is 162 g/mol. The van der Waals surface area contributed by atoms with E-state index in [1.54, 1.807) is 6.33 Å². The number of aromatic nitrogens is 2.